The van der Waals surface area contributed by atoms with Gasteiger partial charge in [-0.2, -0.15) is 0 Å². The van der Waals surface area contributed by atoms with Gasteiger partial charge in [-0.3, -0.25) is 0 Å². The fourth-order valence-corrected chi connectivity index (χ4v) is 3.25. The molecule has 0 aliphatic carbocycles. The summed E-state index contributed by atoms with van der Waals surface area (Å²) in [6.45, 7) is 3.39. The van der Waals surface area contributed by atoms with Crippen LogP contribution in [-0.4, -0.2) is 25.6 Å². The smallest absolute Gasteiger partial charge is 0.188 e. The highest BCUT2D eigenvalue weighted by atomic mass is 32.1. The Labute approximate surface area is 141 Å². The number of aliphatic imine (C=N–C) groups is 1. The molecule has 120 valence electrons. The van der Waals surface area contributed by atoms with E-state index in [2.05, 4.69) is 69.1 Å². The number of guanidine groups is 1. The van der Waals surface area contributed by atoms with Gasteiger partial charge in [-0.15, -0.1) is 11.3 Å². The topological polar surface area (TPSA) is 53.6 Å². The lowest BCUT2D eigenvalue weighted by molar-refractivity contribution is 0.857. The van der Waals surface area contributed by atoms with E-state index in [1.54, 1.807) is 11.3 Å². The fourth-order valence-electron chi connectivity index (χ4n) is 2.54. The van der Waals surface area contributed by atoms with Gasteiger partial charge >= 0.3 is 0 Å². The molecule has 1 aromatic carbocycles. The van der Waals surface area contributed by atoms with E-state index in [1.165, 1.54) is 16.1 Å². The zero-order chi connectivity index (χ0) is 15.9. The number of anilines is 1. The second-order valence-electron chi connectivity index (χ2n) is 5.50. The molecule has 1 aliphatic rings. The first-order valence-electron chi connectivity index (χ1n) is 7.86. The minimum Gasteiger partial charge on any atom is -0.370 e. The lowest BCUT2D eigenvalue weighted by Gasteiger charge is -2.18. The number of rotatable bonds is 6. The molecule has 0 radical (unpaired) electrons. The third-order valence-corrected chi connectivity index (χ3v) is 4.72. The van der Waals surface area contributed by atoms with E-state index in [-0.39, 0.29) is 0 Å². The Morgan fingerprint density at radius 3 is 2.87 bits per heavy atom. The minimum absolute atomic E-state index is 0.509. The van der Waals surface area contributed by atoms with Crippen molar-refractivity contribution < 1.29 is 0 Å². The number of nitrogens with zero attached hydrogens (tertiary/aromatic N) is 2. The molecule has 1 aliphatic heterocycles. The molecule has 0 saturated carbocycles. The van der Waals surface area contributed by atoms with Gasteiger partial charge in [0.1, 0.15) is 0 Å². The number of hydrogen-bond donors (Lipinski definition) is 2. The first-order valence-corrected chi connectivity index (χ1v) is 8.74. The van der Waals surface area contributed by atoms with Gasteiger partial charge in [-0.05, 0) is 35.6 Å². The summed E-state index contributed by atoms with van der Waals surface area (Å²) >= 11 is 1.77. The van der Waals surface area contributed by atoms with Crippen LogP contribution in [0.15, 0.2) is 58.9 Å². The summed E-state index contributed by atoms with van der Waals surface area (Å²) in [5.74, 6) is 0.509. The molecule has 3 rings (SSSR count). The summed E-state index contributed by atoms with van der Waals surface area (Å²) in [6, 6.07) is 12.7. The number of hydrogen-bond acceptors (Lipinski definition) is 3. The second kappa shape index (κ2) is 7.83. The number of nitrogens with two attached hydrogens (primary N) is 1. The molecular weight excluding hydrogens is 304 g/mol. The normalized spacial score (nSPS) is 14.4. The molecule has 0 bridgehead atoms. The van der Waals surface area contributed by atoms with Gasteiger partial charge in [-0.25, -0.2) is 4.99 Å². The van der Waals surface area contributed by atoms with Crippen molar-refractivity contribution in [1.82, 2.24) is 5.32 Å². The average Bonchev–Trinajstić information content (AvgIpc) is 3.27. The third-order valence-electron chi connectivity index (χ3n) is 3.78. The van der Waals surface area contributed by atoms with Crippen molar-refractivity contribution in [2.45, 2.75) is 13.0 Å². The van der Waals surface area contributed by atoms with Crippen molar-refractivity contribution in [2.24, 2.45) is 10.7 Å². The zero-order valence-corrected chi connectivity index (χ0v) is 13.9. The van der Waals surface area contributed by atoms with Crippen molar-refractivity contribution in [2.75, 3.05) is 24.5 Å². The van der Waals surface area contributed by atoms with Gasteiger partial charge in [0, 0.05) is 30.2 Å². The summed E-state index contributed by atoms with van der Waals surface area (Å²) in [5.41, 5.74) is 8.36. The van der Waals surface area contributed by atoms with Crippen molar-refractivity contribution in [1.29, 1.82) is 0 Å². The van der Waals surface area contributed by atoms with E-state index in [0.29, 0.717) is 12.5 Å². The summed E-state index contributed by atoms with van der Waals surface area (Å²) in [4.78, 5) is 8.12. The molecule has 1 aromatic heterocycles. The number of benzene rings is 1. The molecule has 3 N–H and O–H groups in total. The first-order chi connectivity index (χ1) is 11.3. The van der Waals surface area contributed by atoms with Gasteiger partial charge < -0.3 is 16.0 Å². The molecule has 0 atom stereocenters. The molecule has 4 nitrogen and oxygen atoms in total. The van der Waals surface area contributed by atoms with Gasteiger partial charge in [0.05, 0.1) is 6.54 Å². The van der Waals surface area contributed by atoms with E-state index in [0.717, 1.165) is 26.1 Å². The Kier molecular flexibility index (Phi) is 5.32. The van der Waals surface area contributed by atoms with Crippen molar-refractivity contribution >= 4 is 23.0 Å². The zero-order valence-electron chi connectivity index (χ0n) is 13.1. The van der Waals surface area contributed by atoms with Gasteiger partial charge in [0.25, 0.3) is 0 Å². The van der Waals surface area contributed by atoms with Crippen LogP contribution < -0.4 is 16.0 Å². The Morgan fingerprint density at radius 1 is 1.22 bits per heavy atom. The highest BCUT2D eigenvalue weighted by molar-refractivity contribution is 7.09. The largest absolute Gasteiger partial charge is 0.370 e. The maximum atomic E-state index is 5.94. The summed E-state index contributed by atoms with van der Waals surface area (Å²) in [5, 5.41) is 5.27. The molecule has 0 unspecified atom stereocenters. The maximum absolute atomic E-state index is 5.94. The van der Waals surface area contributed by atoms with Crippen LogP contribution in [0.4, 0.5) is 5.69 Å². The van der Waals surface area contributed by atoms with Crippen LogP contribution in [0.5, 0.6) is 0 Å². The van der Waals surface area contributed by atoms with Crippen LogP contribution in [-0.2, 0) is 13.0 Å². The highest BCUT2D eigenvalue weighted by Crippen LogP contribution is 2.18. The average molecular weight is 326 g/mol. The van der Waals surface area contributed by atoms with Gasteiger partial charge in [-0.1, -0.05) is 30.4 Å². The van der Waals surface area contributed by atoms with Crippen LogP contribution in [0.2, 0.25) is 0 Å². The number of nitrogens with one attached hydrogen (secondary N) is 1. The SMILES string of the molecule is NC(=NCc1cccc(N2CC=CC2)c1)NCCc1cccs1. The van der Waals surface area contributed by atoms with E-state index in [9.17, 15) is 0 Å². The molecule has 5 heteroatoms. The van der Waals surface area contributed by atoms with Crippen LogP contribution >= 0.6 is 11.3 Å². The van der Waals surface area contributed by atoms with Crippen LogP contribution in [0.3, 0.4) is 0 Å². The Hall–Kier alpha value is -2.27. The van der Waals surface area contributed by atoms with Gasteiger partial charge in [0.2, 0.25) is 0 Å². The van der Waals surface area contributed by atoms with Crippen LogP contribution in [0.25, 0.3) is 0 Å². The number of thiophene rings is 1. The quantitative estimate of drug-likeness (QED) is 0.487. The lowest BCUT2D eigenvalue weighted by Crippen LogP contribution is -2.33. The molecule has 23 heavy (non-hydrogen) atoms. The molecule has 0 fully saturated rings. The van der Waals surface area contributed by atoms with Crippen LogP contribution in [0, 0.1) is 0 Å². The Bertz CT molecular complexity index is 668. The van der Waals surface area contributed by atoms with E-state index in [1.807, 2.05) is 0 Å². The van der Waals surface area contributed by atoms with Gasteiger partial charge in [0.15, 0.2) is 5.96 Å². The Morgan fingerprint density at radius 2 is 2.09 bits per heavy atom. The van der Waals surface area contributed by atoms with E-state index >= 15 is 0 Å². The summed E-state index contributed by atoms with van der Waals surface area (Å²) < 4.78 is 0. The molecular formula is C18H22N4S. The van der Waals surface area contributed by atoms with Crippen molar-refractivity contribution in [3.63, 3.8) is 0 Å². The van der Waals surface area contributed by atoms with E-state index < -0.39 is 0 Å². The van der Waals surface area contributed by atoms with E-state index in [4.69, 9.17) is 5.73 Å². The van der Waals surface area contributed by atoms with Crippen molar-refractivity contribution in [3.8, 4) is 0 Å². The highest BCUT2D eigenvalue weighted by Gasteiger charge is 2.07. The Balaban J connectivity index is 1.49. The molecule has 0 amide bonds. The fraction of sp³-hybridized carbons (Fsp3) is 0.278. The third kappa shape index (κ3) is 4.60. The predicted octanol–water partition coefficient (Wildman–Crippen LogP) is 2.77. The van der Waals surface area contributed by atoms with Crippen molar-refractivity contribution in [3.05, 3.63) is 64.4 Å². The predicted molar refractivity (Wildman–Crippen MR) is 99.1 cm³/mol. The maximum Gasteiger partial charge on any atom is 0.188 e. The molecule has 2 aromatic rings. The molecule has 0 spiro atoms. The first kappa shape index (κ1) is 15.6. The lowest BCUT2D eigenvalue weighted by atomic mass is 10.2. The summed E-state index contributed by atoms with van der Waals surface area (Å²) in [7, 11) is 0. The monoisotopic (exact) mass is 326 g/mol. The second-order valence-corrected chi connectivity index (χ2v) is 6.54. The standard InChI is InChI=1S/C18H22N4S/c19-18(20-9-8-17-7-4-12-23-17)21-14-15-5-3-6-16(13-15)22-10-1-2-11-22/h1-7,12-13H,8-11,14H2,(H3,19,20,21). The van der Waals surface area contributed by atoms with Crippen LogP contribution in [0.1, 0.15) is 10.4 Å². The minimum atomic E-state index is 0.509. The molecule has 2 heterocycles. The molecule has 0 saturated heterocycles. The summed E-state index contributed by atoms with van der Waals surface area (Å²) in [6.07, 6.45) is 5.37.